The number of likely N-dealkylation sites (tertiary alicyclic amines) is 1. The second-order valence-electron chi connectivity index (χ2n) is 6.81. The lowest BCUT2D eigenvalue weighted by molar-refractivity contribution is -0.122. The van der Waals surface area contributed by atoms with Gasteiger partial charge in [-0.25, -0.2) is 0 Å². The van der Waals surface area contributed by atoms with E-state index in [4.69, 9.17) is 4.74 Å². The van der Waals surface area contributed by atoms with E-state index in [9.17, 15) is 9.59 Å². The molecule has 0 saturated carbocycles. The Kier molecular flexibility index (Phi) is 6.47. The summed E-state index contributed by atoms with van der Waals surface area (Å²) in [5.41, 5.74) is 1.06. The van der Waals surface area contributed by atoms with Crippen LogP contribution in [0.3, 0.4) is 0 Å². The first-order chi connectivity index (χ1) is 13.1. The summed E-state index contributed by atoms with van der Waals surface area (Å²) in [5, 5.41) is 2.85. The van der Waals surface area contributed by atoms with Crippen molar-refractivity contribution in [2.75, 3.05) is 18.4 Å². The van der Waals surface area contributed by atoms with E-state index in [0.29, 0.717) is 17.0 Å². The third kappa shape index (κ3) is 5.09. The van der Waals surface area contributed by atoms with Crippen LogP contribution in [0.1, 0.15) is 43.0 Å². The van der Waals surface area contributed by atoms with Crippen LogP contribution in [0.15, 0.2) is 54.6 Å². The van der Waals surface area contributed by atoms with Gasteiger partial charge in [-0.15, -0.1) is 0 Å². The maximum absolute atomic E-state index is 13.0. The van der Waals surface area contributed by atoms with Crippen LogP contribution >= 0.6 is 0 Å². The summed E-state index contributed by atoms with van der Waals surface area (Å²) in [7, 11) is 0. The summed E-state index contributed by atoms with van der Waals surface area (Å²) in [6, 6.07) is 16.4. The number of benzene rings is 2. The maximum Gasteiger partial charge on any atom is 0.265 e. The van der Waals surface area contributed by atoms with E-state index >= 15 is 0 Å². The van der Waals surface area contributed by atoms with E-state index in [1.54, 1.807) is 31.2 Å². The topological polar surface area (TPSA) is 58.6 Å². The Labute approximate surface area is 160 Å². The van der Waals surface area contributed by atoms with Gasteiger partial charge in [0, 0.05) is 13.1 Å². The molecule has 0 spiro atoms. The van der Waals surface area contributed by atoms with Gasteiger partial charge in [-0.3, -0.25) is 9.59 Å². The first kappa shape index (κ1) is 19.0. The largest absolute Gasteiger partial charge is 0.481 e. The lowest BCUT2D eigenvalue weighted by Crippen LogP contribution is -2.34. The highest BCUT2D eigenvalue weighted by molar-refractivity contribution is 6.04. The number of nitrogens with zero attached hydrogens (tertiary/aromatic N) is 1. The number of amides is 2. The van der Waals surface area contributed by atoms with E-state index in [2.05, 4.69) is 5.32 Å². The van der Waals surface area contributed by atoms with Gasteiger partial charge >= 0.3 is 0 Å². The Hall–Kier alpha value is -2.82. The molecule has 1 aliphatic heterocycles. The van der Waals surface area contributed by atoms with Crippen molar-refractivity contribution in [3.8, 4) is 5.75 Å². The highest BCUT2D eigenvalue weighted by Crippen LogP contribution is 2.21. The van der Waals surface area contributed by atoms with E-state index in [1.165, 1.54) is 0 Å². The molecule has 1 N–H and O–H groups in total. The number of rotatable bonds is 5. The molecule has 142 valence electrons. The third-order valence-corrected chi connectivity index (χ3v) is 4.73. The van der Waals surface area contributed by atoms with Gasteiger partial charge in [-0.1, -0.05) is 43.2 Å². The summed E-state index contributed by atoms with van der Waals surface area (Å²) < 4.78 is 5.67. The van der Waals surface area contributed by atoms with Crippen LogP contribution < -0.4 is 10.1 Å². The highest BCUT2D eigenvalue weighted by atomic mass is 16.5. The zero-order valence-electron chi connectivity index (χ0n) is 15.7. The number of carbonyl (C=O) groups excluding carboxylic acids is 2. The lowest BCUT2D eigenvalue weighted by atomic mass is 10.1. The number of nitrogens with one attached hydrogen (secondary N) is 1. The minimum atomic E-state index is -0.672. The SMILES string of the molecule is C[C@H](Oc1ccccc1)C(=O)Nc1ccccc1C(=O)N1CCCCCC1. The van der Waals surface area contributed by atoms with E-state index < -0.39 is 6.10 Å². The minimum Gasteiger partial charge on any atom is -0.481 e. The van der Waals surface area contributed by atoms with Crippen molar-refractivity contribution in [3.63, 3.8) is 0 Å². The molecule has 3 rings (SSSR count). The van der Waals surface area contributed by atoms with Crippen molar-refractivity contribution in [1.82, 2.24) is 4.90 Å². The molecule has 1 heterocycles. The molecule has 2 amide bonds. The molecule has 2 aromatic carbocycles. The van der Waals surface area contributed by atoms with Gasteiger partial charge < -0.3 is 15.0 Å². The Morgan fingerprint density at radius 2 is 1.56 bits per heavy atom. The second-order valence-corrected chi connectivity index (χ2v) is 6.81. The molecule has 0 radical (unpaired) electrons. The fourth-order valence-corrected chi connectivity index (χ4v) is 3.21. The smallest absolute Gasteiger partial charge is 0.265 e. The van der Waals surface area contributed by atoms with Crippen molar-refractivity contribution in [2.45, 2.75) is 38.7 Å². The average molecular weight is 366 g/mol. The fraction of sp³-hybridized carbons (Fsp3) is 0.364. The van der Waals surface area contributed by atoms with Gasteiger partial charge in [0.1, 0.15) is 5.75 Å². The first-order valence-electron chi connectivity index (χ1n) is 9.56. The summed E-state index contributed by atoms with van der Waals surface area (Å²) >= 11 is 0. The Morgan fingerprint density at radius 3 is 2.26 bits per heavy atom. The van der Waals surface area contributed by atoms with Gasteiger partial charge in [-0.2, -0.15) is 0 Å². The van der Waals surface area contributed by atoms with Crippen molar-refractivity contribution in [1.29, 1.82) is 0 Å². The zero-order valence-corrected chi connectivity index (χ0v) is 15.7. The number of hydrogen-bond donors (Lipinski definition) is 1. The van der Waals surface area contributed by atoms with E-state index in [1.807, 2.05) is 35.2 Å². The standard InChI is InChI=1S/C22H26N2O3/c1-17(27-18-11-5-4-6-12-18)21(25)23-20-14-8-7-13-19(20)22(26)24-15-9-2-3-10-16-24/h4-8,11-14,17H,2-3,9-10,15-16H2,1H3,(H,23,25)/t17-/m0/s1. The van der Waals surface area contributed by atoms with Crippen LogP contribution in [0.5, 0.6) is 5.75 Å². The minimum absolute atomic E-state index is 0.0237. The summed E-state index contributed by atoms with van der Waals surface area (Å²) in [6.45, 7) is 3.24. The van der Waals surface area contributed by atoms with Crippen LogP contribution in [0.25, 0.3) is 0 Å². The molecule has 0 aliphatic carbocycles. The molecule has 0 aromatic heterocycles. The van der Waals surface area contributed by atoms with Crippen molar-refractivity contribution in [2.24, 2.45) is 0 Å². The first-order valence-corrected chi connectivity index (χ1v) is 9.56. The molecule has 1 aliphatic rings. The number of carbonyl (C=O) groups is 2. The predicted molar refractivity (Wildman–Crippen MR) is 106 cm³/mol. The Balaban J connectivity index is 1.69. The summed E-state index contributed by atoms with van der Waals surface area (Å²) in [4.78, 5) is 27.4. The van der Waals surface area contributed by atoms with Crippen LogP contribution in [-0.4, -0.2) is 35.9 Å². The number of hydrogen-bond acceptors (Lipinski definition) is 3. The number of para-hydroxylation sites is 2. The number of anilines is 1. The van der Waals surface area contributed by atoms with Crippen LogP contribution in [0, 0.1) is 0 Å². The van der Waals surface area contributed by atoms with Crippen LogP contribution in [0.2, 0.25) is 0 Å². The number of ether oxygens (including phenoxy) is 1. The monoisotopic (exact) mass is 366 g/mol. The zero-order chi connectivity index (χ0) is 19.1. The molecule has 0 unspecified atom stereocenters. The Morgan fingerprint density at radius 1 is 0.926 bits per heavy atom. The molecule has 0 bridgehead atoms. The van der Waals surface area contributed by atoms with Crippen molar-refractivity contribution in [3.05, 3.63) is 60.2 Å². The highest BCUT2D eigenvalue weighted by Gasteiger charge is 2.22. The fourth-order valence-electron chi connectivity index (χ4n) is 3.21. The molecule has 1 fully saturated rings. The molecule has 5 nitrogen and oxygen atoms in total. The van der Waals surface area contributed by atoms with Gasteiger partial charge in [0.2, 0.25) is 0 Å². The molecule has 27 heavy (non-hydrogen) atoms. The molecule has 2 aromatic rings. The molecule has 1 atom stereocenters. The molecule has 1 saturated heterocycles. The van der Waals surface area contributed by atoms with Gasteiger partial charge in [0.15, 0.2) is 6.10 Å². The van der Waals surface area contributed by atoms with Gasteiger partial charge in [0.25, 0.3) is 11.8 Å². The predicted octanol–water partition coefficient (Wildman–Crippen LogP) is 4.11. The molecular formula is C22H26N2O3. The quantitative estimate of drug-likeness (QED) is 0.866. The molecule has 5 heteroatoms. The normalized spacial score (nSPS) is 15.5. The van der Waals surface area contributed by atoms with Crippen LogP contribution in [0.4, 0.5) is 5.69 Å². The van der Waals surface area contributed by atoms with Gasteiger partial charge in [0.05, 0.1) is 11.3 Å². The third-order valence-electron chi connectivity index (χ3n) is 4.73. The van der Waals surface area contributed by atoms with Crippen molar-refractivity contribution < 1.29 is 14.3 Å². The maximum atomic E-state index is 13.0. The summed E-state index contributed by atoms with van der Waals surface area (Å²) in [5.74, 6) is 0.327. The molecular weight excluding hydrogens is 340 g/mol. The van der Waals surface area contributed by atoms with Crippen LogP contribution in [-0.2, 0) is 4.79 Å². The lowest BCUT2D eigenvalue weighted by Gasteiger charge is -2.22. The Bertz CT molecular complexity index is 768. The average Bonchev–Trinajstić information content (AvgIpc) is 2.98. The summed E-state index contributed by atoms with van der Waals surface area (Å²) in [6.07, 6.45) is 3.71. The van der Waals surface area contributed by atoms with Gasteiger partial charge in [-0.05, 0) is 44.0 Å². The van der Waals surface area contributed by atoms with E-state index in [0.717, 1.165) is 38.8 Å². The van der Waals surface area contributed by atoms with E-state index in [-0.39, 0.29) is 11.8 Å². The second kappa shape index (κ2) is 9.21. The van der Waals surface area contributed by atoms with Crippen molar-refractivity contribution >= 4 is 17.5 Å².